The predicted molar refractivity (Wildman–Crippen MR) is 94.5 cm³/mol. The second kappa shape index (κ2) is 6.08. The Hall–Kier alpha value is -1.89. The number of nitrogens with zero attached hydrogens (tertiary/aromatic N) is 1. The van der Waals surface area contributed by atoms with Crippen LogP contribution < -0.4 is 10.6 Å². The highest BCUT2D eigenvalue weighted by atomic mass is 127. The summed E-state index contributed by atoms with van der Waals surface area (Å²) in [5, 5.41) is 0. The molecule has 0 spiro atoms. The van der Waals surface area contributed by atoms with Crippen molar-refractivity contribution in [3.8, 4) is 0 Å². The zero-order valence-electron chi connectivity index (χ0n) is 11.9. The smallest absolute Gasteiger partial charge is 0.248 e. The predicted octanol–water partition coefficient (Wildman–Crippen LogP) is 2.92. The summed E-state index contributed by atoms with van der Waals surface area (Å²) < 4.78 is 0.0506. The number of anilines is 1. The molecular weight excluding hydrogens is 391 g/mol. The van der Waals surface area contributed by atoms with E-state index in [1.165, 1.54) is 0 Å². The Bertz CT molecular complexity index is 741. The molecule has 0 unspecified atom stereocenters. The standard InChI is InChI=1S/C17H15IN2O2/c18-16(21)12-3-1-11(2-4-12)10-20-8-7-13-9-14(17(19)22)5-6-15(13)20/h1-6,9H,7-8,10H2,(H2,19,22). The van der Waals surface area contributed by atoms with Crippen LogP contribution in [-0.2, 0) is 13.0 Å². The van der Waals surface area contributed by atoms with Crippen molar-refractivity contribution in [1.29, 1.82) is 0 Å². The Labute approximate surface area is 142 Å². The van der Waals surface area contributed by atoms with Crippen LogP contribution in [0.3, 0.4) is 0 Å². The summed E-state index contributed by atoms with van der Waals surface area (Å²) in [4.78, 5) is 24.8. The summed E-state index contributed by atoms with van der Waals surface area (Å²) in [5.74, 6) is -0.389. The molecular formula is C17H15IN2O2. The molecule has 4 nitrogen and oxygen atoms in total. The lowest BCUT2D eigenvalue weighted by Gasteiger charge is -2.19. The maximum Gasteiger partial charge on any atom is 0.248 e. The van der Waals surface area contributed by atoms with E-state index >= 15 is 0 Å². The third-order valence-corrected chi connectivity index (χ3v) is 4.53. The van der Waals surface area contributed by atoms with Gasteiger partial charge in [-0.3, -0.25) is 9.59 Å². The largest absolute Gasteiger partial charge is 0.367 e. The Kier molecular flexibility index (Phi) is 4.15. The first kappa shape index (κ1) is 15.0. The first-order valence-electron chi connectivity index (χ1n) is 7.01. The molecule has 0 atom stereocenters. The number of hydrogen-bond acceptors (Lipinski definition) is 3. The highest BCUT2D eigenvalue weighted by Crippen LogP contribution is 2.30. The zero-order valence-corrected chi connectivity index (χ0v) is 14.0. The van der Waals surface area contributed by atoms with Gasteiger partial charge in [-0.05, 0) is 35.7 Å². The number of amides is 1. The molecule has 0 bridgehead atoms. The molecule has 112 valence electrons. The van der Waals surface area contributed by atoms with Gasteiger partial charge >= 0.3 is 0 Å². The molecule has 1 aliphatic rings. The number of benzene rings is 2. The number of primary amides is 1. The van der Waals surface area contributed by atoms with Gasteiger partial charge in [0.25, 0.3) is 0 Å². The van der Waals surface area contributed by atoms with E-state index < -0.39 is 0 Å². The second-order valence-electron chi connectivity index (χ2n) is 5.35. The molecule has 0 aromatic heterocycles. The van der Waals surface area contributed by atoms with Gasteiger partial charge in [0, 0.05) is 52.5 Å². The summed E-state index contributed by atoms with van der Waals surface area (Å²) in [6.45, 7) is 1.71. The van der Waals surface area contributed by atoms with Gasteiger partial charge in [0.1, 0.15) is 0 Å². The van der Waals surface area contributed by atoms with E-state index in [1.54, 1.807) is 28.7 Å². The molecule has 0 saturated heterocycles. The monoisotopic (exact) mass is 406 g/mol. The zero-order chi connectivity index (χ0) is 15.7. The van der Waals surface area contributed by atoms with Crippen LogP contribution in [0.15, 0.2) is 42.5 Å². The van der Waals surface area contributed by atoms with Gasteiger partial charge < -0.3 is 10.6 Å². The normalized spacial score (nSPS) is 13.0. The molecule has 5 heteroatoms. The quantitative estimate of drug-likeness (QED) is 0.628. The summed E-state index contributed by atoms with van der Waals surface area (Å²) in [7, 11) is 0. The van der Waals surface area contributed by atoms with E-state index in [-0.39, 0.29) is 9.70 Å². The first-order valence-corrected chi connectivity index (χ1v) is 8.09. The Morgan fingerprint density at radius 3 is 2.41 bits per heavy atom. The molecule has 2 N–H and O–H groups in total. The number of carbonyl (C=O) groups is 2. The van der Waals surface area contributed by atoms with Crippen LogP contribution in [0, 0.1) is 0 Å². The molecule has 0 radical (unpaired) electrons. The van der Waals surface area contributed by atoms with Crippen molar-refractivity contribution in [1.82, 2.24) is 0 Å². The fourth-order valence-corrected chi connectivity index (χ4v) is 3.11. The van der Waals surface area contributed by atoms with Gasteiger partial charge in [-0.1, -0.05) is 24.3 Å². The molecule has 3 rings (SSSR count). The molecule has 0 aliphatic carbocycles. The molecule has 2 aromatic carbocycles. The highest BCUT2D eigenvalue weighted by Gasteiger charge is 2.20. The van der Waals surface area contributed by atoms with Crippen LogP contribution in [0.2, 0.25) is 0 Å². The Morgan fingerprint density at radius 2 is 1.77 bits per heavy atom. The van der Waals surface area contributed by atoms with E-state index in [9.17, 15) is 9.59 Å². The van der Waals surface area contributed by atoms with Gasteiger partial charge in [-0.15, -0.1) is 0 Å². The molecule has 0 fully saturated rings. The maximum absolute atomic E-state index is 11.3. The number of hydrogen-bond donors (Lipinski definition) is 1. The molecule has 1 amide bonds. The van der Waals surface area contributed by atoms with Crippen molar-refractivity contribution >= 4 is 38.0 Å². The van der Waals surface area contributed by atoms with Crippen molar-refractivity contribution in [3.63, 3.8) is 0 Å². The van der Waals surface area contributed by atoms with Crippen LogP contribution in [0.25, 0.3) is 0 Å². The molecule has 2 aromatic rings. The SMILES string of the molecule is NC(=O)c1ccc2c(c1)CCN2Cc1ccc(C(=O)I)cc1. The lowest BCUT2D eigenvalue weighted by Crippen LogP contribution is -2.19. The topological polar surface area (TPSA) is 63.4 Å². The van der Waals surface area contributed by atoms with Crippen molar-refractivity contribution < 1.29 is 9.59 Å². The summed E-state index contributed by atoms with van der Waals surface area (Å²) in [6, 6.07) is 13.3. The minimum absolute atomic E-state index is 0.0506. The molecule has 1 aliphatic heterocycles. The lowest BCUT2D eigenvalue weighted by atomic mass is 10.1. The van der Waals surface area contributed by atoms with Crippen molar-refractivity contribution in [2.24, 2.45) is 5.73 Å². The fourth-order valence-electron chi connectivity index (χ4n) is 2.75. The number of halogens is 1. The van der Waals surface area contributed by atoms with Crippen LogP contribution in [0.4, 0.5) is 5.69 Å². The highest BCUT2D eigenvalue weighted by molar-refractivity contribution is 14.1. The van der Waals surface area contributed by atoms with E-state index in [0.29, 0.717) is 5.56 Å². The fraction of sp³-hybridized carbons (Fsp3) is 0.176. The van der Waals surface area contributed by atoms with E-state index in [2.05, 4.69) is 4.90 Å². The van der Waals surface area contributed by atoms with Crippen molar-refractivity contribution in [2.45, 2.75) is 13.0 Å². The maximum atomic E-state index is 11.3. The van der Waals surface area contributed by atoms with E-state index in [4.69, 9.17) is 5.73 Å². The van der Waals surface area contributed by atoms with Crippen LogP contribution in [0.1, 0.15) is 31.8 Å². The third-order valence-electron chi connectivity index (χ3n) is 3.91. The number of nitrogens with two attached hydrogens (primary N) is 1. The van der Waals surface area contributed by atoms with Gasteiger partial charge in [0.05, 0.1) is 0 Å². The molecule has 22 heavy (non-hydrogen) atoms. The average Bonchev–Trinajstić information content (AvgIpc) is 2.90. The summed E-state index contributed by atoms with van der Waals surface area (Å²) in [5.41, 5.74) is 10.1. The Morgan fingerprint density at radius 1 is 1.09 bits per heavy atom. The minimum Gasteiger partial charge on any atom is -0.367 e. The van der Waals surface area contributed by atoms with Crippen LogP contribution in [0.5, 0.6) is 0 Å². The second-order valence-corrected chi connectivity index (χ2v) is 6.33. The van der Waals surface area contributed by atoms with Crippen molar-refractivity contribution in [2.75, 3.05) is 11.4 Å². The van der Waals surface area contributed by atoms with E-state index in [1.807, 2.05) is 36.4 Å². The van der Waals surface area contributed by atoms with Gasteiger partial charge in [-0.2, -0.15) is 0 Å². The third kappa shape index (κ3) is 2.99. The average molecular weight is 406 g/mol. The summed E-state index contributed by atoms with van der Waals surface area (Å²) in [6.07, 6.45) is 0.917. The van der Waals surface area contributed by atoms with E-state index in [0.717, 1.165) is 41.9 Å². The van der Waals surface area contributed by atoms with Crippen LogP contribution in [-0.4, -0.2) is 16.2 Å². The van der Waals surface area contributed by atoms with Gasteiger partial charge in [0.15, 0.2) is 0 Å². The number of fused-ring (bicyclic) bond motifs is 1. The molecule has 1 heterocycles. The van der Waals surface area contributed by atoms with Gasteiger partial charge in [-0.25, -0.2) is 0 Å². The number of carbonyl (C=O) groups excluding carboxylic acids is 2. The lowest BCUT2D eigenvalue weighted by molar-refractivity contribution is 0.0999. The van der Waals surface area contributed by atoms with Crippen LogP contribution >= 0.6 is 22.6 Å². The Balaban J connectivity index is 1.79. The van der Waals surface area contributed by atoms with Crippen molar-refractivity contribution in [3.05, 3.63) is 64.7 Å². The molecule has 0 saturated carbocycles. The number of rotatable bonds is 4. The first-order chi connectivity index (χ1) is 10.5. The summed E-state index contributed by atoms with van der Waals surface area (Å²) >= 11 is 1.79. The van der Waals surface area contributed by atoms with Gasteiger partial charge in [0.2, 0.25) is 9.70 Å². The minimum atomic E-state index is -0.389.